The molecule has 7 nitrogen and oxygen atoms in total. The predicted octanol–water partition coefficient (Wildman–Crippen LogP) is 3.41. The molecule has 2 aliphatic rings. The monoisotopic (exact) mass is 395 g/mol. The van der Waals surface area contributed by atoms with Gasteiger partial charge in [0.2, 0.25) is 6.79 Å². The molecule has 0 bridgehead atoms. The fraction of sp³-hybridized carbons (Fsp3) is 0.273. The third kappa shape index (κ3) is 4.18. The Morgan fingerprint density at radius 3 is 2.62 bits per heavy atom. The second-order valence-corrected chi connectivity index (χ2v) is 6.81. The third-order valence-electron chi connectivity index (χ3n) is 5.02. The van der Waals surface area contributed by atoms with Crippen molar-refractivity contribution in [3.63, 3.8) is 0 Å². The number of ether oxygens (including phenoxy) is 4. The van der Waals surface area contributed by atoms with Crippen molar-refractivity contribution < 1.29 is 28.5 Å². The summed E-state index contributed by atoms with van der Waals surface area (Å²) in [6.45, 7) is 0.185. The minimum atomic E-state index is -0.523. The van der Waals surface area contributed by atoms with Crippen LogP contribution in [-0.2, 0) is 9.47 Å². The summed E-state index contributed by atoms with van der Waals surface area (Å²) in [5, 5.41) is 2.83. The van der Waals surface area contributed by atoms with Gasteiger partial charge in [0.25, 0.3) is 0 Å². The number of esters is 1. The highest BCUT2D eigenvalue weighted by Gasteiger charge is 2.32. The van der Waals surface area contributed by atoms with Crippen LogP contribution in [0.25, 0.3) is 0 Å². The number of hydrogen-bond acceptors (Lipinski definition) is 6. The molecule has 0 fully saturated rings. The standard InChI is InChI=1S/C22H21NO6/c1-26-22(25)23-18-9-8-16(29-21(24)14-5-3-2-4-6-14)12-17(18)15-7-10-19-20(11-15)28-13-27-19/h2-11,16-18H,12-13H2,1H3,(H,23,25). The third-order valence-corrected chi connectivity index (χ3v) is 5.02. The van der Waals surface area contributed by atoms with Crippen LogP contribution in [-0.4, -0.2) is 38.1 Å². The molecule has 1 N–H and O–H groups in total. The van der Waals surface area contributed by atoms with Crippen molar-refractivity contribution in [2.45, 2.75) is 24.5 Å². The topological polar surface area (TPSA) is 83.1 Å². The summed E-state index contributed by atoms with van der Waals surface area (Å²) in [5.74, 6) is 0.822. The van der Waals surface area contributed by atoms with E-state index in [2.05, 4.69) is 5.32 Å². The van der Waals surface area contributed by atoms with Gasteiger partial charge in [-0.3, -0.25) is 0 Å². The zero-order valence-corrected chi connectivity index (χ0v) is 15.9. The zero-order chi connectivity index (χ0) is 20.2. The molecule has 2 aromatic carbocycles. The molecule has 0 radical (unpaired) electrons. The van der Waals surface area contributed by atoms with Crippen molar-refractivity contribution in [1.29, 1.82) is 0 Å². The summed E-state index contributed by atoms with van der Waals surface area (Å²) < 4.78 is 21.3. The van der Waals surface area contributed by atoms with E-state index in [1.807, 2.05) is 30.3 Å². The van der Waals surface area contributed by atoms with Crippen LogP contribution in [0.1, 0.15) is 28.3 Å². The summed E-state index contributed by atoms with van der Waals surface area (Å²) >= 11 is 0. The van der Waals surface area contributed by atoms with E-state index in [0.29, 0.717) is 23.5 Å². The molecule has 1 aliphatic heterocycles. The Morgan fingerprint density at radius 1 is 1.03 bits per heavy atom. The van der Waals surface area contributed by atoms with E-state index in [0.717, 1.165) is 5.56 Å². The van der Waals surface area contributed by atoms with Crippen LogP contribution in [0.5, 0.6) is 11.5 Å². The minimum Gasteiger partial charge on any atom is -0.455 e. The number of alkyl carbamates (subject to hydrolysis) is 1. The molecular weight excluding hydrogens is 374 g/mol. The first-order chi connectivity index (χ1) is 14.1. The molecule has 0 saturated carbocycles. The molecule has 1 heterocycles. The van der Waals surface area contributed by atoms with Crippen LogP contribution in [0.2, 0.25) is 0 Å². The summed E-state index contributed by atoms with van der Waals surface area (Å²) in [4.78, 5) is 24.2. The van der Waals surface area contributed by atoms with Gasteiger partial charge < -0.3 is 24.3 Å². The molecule has 2 aromatic rings. The first kappa shape index (κ1) is 18.9. The lowest BCUT2D eigenvalue weighted by molar-refractivity contribution is 0.0350. The molecular formula is C22H21NO6. The average molecular weight is 395 g/mol. The van der Waals surface area contributed by atoms with Crippen molar-refractivity contribution in [2.75, 3.05) is 13.9 Å². The zero-order valence-electron chi connectivity index (χ0n) is 15.9. The first-order valence-corrected chi connectivity index (χ1v) is 9.32. The highest BCUT2D eigenvalue weighted by molar-refractivity contribution is 5.89. The van der Waals surface area contributed by atoms with Crippen molar-refractivity contribution in [2.24, 2.45) is 0 Å². The van der Waals surface area contributed by atoms with E-state index in [1.165, 1.54) is 7.11 Å². The Bertz CT molecular complexity index is 926. The predicted molar refractivity (Wildman–Crippen MR) is 104 cm³/mol. The van der Waals surface area contributed by atoms with E-state index in [-0.39, 0.29) is 24.7 Å². The molecule has 3 unspecified atom stereocenters. The van der Waals surface area contributed by atoms with Crippen LogP contribution in [0, 0.1) is 0 Å². The van der Waals surface area contributed by atoms with Gasteiger partial charge in [-0.25, -0.2) is 9.59 Å². The molecule has 150 valence electrons. The number of amides is 1. The molecule has 29 heavy (non-hydrogen) atoms. The Kier molecular flexibility index (Phi) is 5.37. The van der Waals surface area contributed by atoms with Crippen molar-refractivity contribution in [1.82, 2.24) is 5.32 Å². The van der Waals surface area contributed by atoms with Crippen molar-refractivity contribution in [3.8, 4) is 11.5 Å². The second-order valence-electron chi connectivity index (χ2n) is 6.81. The maximum atomic E-state index is 12.4. The number of nitrogens with one attached hydrogen (secondary N) is 1. The van der Waals surface area contributed by atoms with Gasteiger partial charge in [-0.05, 0) is 42.3 Å². The quantitative estimate of drug-likeness (QED) is 0.631. The fourth-order valence-corrected chi connectivity index (χ4v) is 3.55. The lowest BCUT2D eigenvalue weighted by Crippen LogP contribution is -2.41. The Hall–Kier alpha value is -3.48. The van der Waals surface area contributed by atoms with E-state index in [9.17, 15) is 9.59 Å². The van der Waals surface area contributed by atoms with Crippen LogP contribution >= 0.6 is 0 Å². The lowest BCUT2D eigenvalue weighted by atomic mass is 9.82. The van der Waals surface area contributed by atoms with Crippen LogP contribution in [0.4, 0.5) is 4.79 Å². The van der Waals surface area contributed by atoms with Crippen LogP contribution < -0.4 is 14.8 Å². The number of hydrogen-bond donors (Lipinski definition) is 1. The average Bonchev–Trinajstić information content (AvgIpc) is 3.23. The smallest absolute Gasteiger partial charge is 0.407 e. The van der Waals surface area contributed by atoms with Gasteiger partial charge >= 0.3 is 12.1 Å². The Labute approximate surface area is 168 Å². The Morgan fingerprint density at radius 2 is 1.83 bits per heavy atom. The van der Waals surface area contributed by atoms with Gasteiger partial charge in [0.15, 0.2) is 11.5 Å². The number of fused-ring (bicyclic) bond motifs is 1. The maximum Gasteiger partial charge on any atom is 0.407 e. The largest absolute Gasteiger partial charge is 0.455 e. The van der Waals surface area contributed by atoms with Crippen molar-refractivity contribution in [3.05, 3.63) is 71.8 Å². The molecule has 4 rings (SSSR count). The van der Waals surface area contributed by atoms with Crippen LogP contribution in [0.15, 0.2) is 60.7 Å². The number of carbonyl (C=O) groups excluding carboxylic acids is 2. The molecule has 1 amide bonds. The molecule has 0 aromatic heterocycles. The van der Waals surface area contributed by atoms with Gasteiger partial charge in [0.05, 0.1) is 18.7 Å². The minimum absolute atomic E-state index is 0.137. The number of carbonyl (C=O) groups is 2. The normalized spacial score (nSPS) is 22.0. The van der Waals surface area contributed by atoms with Gasteiger partial charge in [-0.2, -0.15) is 0 Å². The second kappa shape index (κ2) is 8.26. The summed E-state index contributed by atoms with van der Waals surface area (Å²) in [7, 11) is 1.32. The molecule has 7 heteroatoms. The number of benzene rings is 2. The molecule has 0 spiro atoms. The van der Waals surface area contributed by atoms with Gasteiger partial charge in [-0.15, -0.1) is 0 Å². The highest BCUT2D eigenvalue weighted by atomic mass is 16.7. The SMILES string of the molecule is COC(=O)NC1C=CC(OC(=O)c2ccccc2)CC1c1ccc2c(c1)OCO2. The summed E-state index contributed by atoms with van der Waals surface area (Å²) in [5.41, 5.74) is 1.44. The van der Waals surface area contributed by atoms with Gasteiger partial charge in [0, 0.05) is 5.92 Å². The highest BCUT2D eigenvalue weighted by Crippen LogP contribution is 2.38. The molecule has 1 aliphatic carbocycles. The molecule has 3 atom stereocenters. The number of methoxy groups -OCH3 is 1. The van der Waals surface area contributed by atoms with Gasteiger partial charge in [0.1, 0.15) is 6.10 Å². The Balaban J connectivity index is 1.55. The maximum absolute atomic E-state index is 12.4. The lowest BCUT2D eigenvalue weighted by Gasteiger charge is -2.32. The van der Waals surface area contributed by atoms with Crippen LogP contribution in [0.3, 0.4) is 0 Å². The molecule has 0 saturated heterocycles. The van der Waals surface area contributed by atoms with Crippen molar-refractivity contribution >= 4 is 12.1 Å². The van der Waals surface area contributed by atoms with E-state index in [1.54, 1.807) is 30.3 Å². The fourth-order valence-electron chi connectivity index (χ4n) is 3.55. The summed E-state index contributed by atoms with van der Waals surface area (Å²) in [6.07, 6.45) is 3.19. The van der Waals surface area contributed by atoms with E-state index in [4.69, 9.17) is 18.9 Å². The first-order valence-electron chi connectivity index (χ1n) is 9.32. The van der Waals surface area contributed by atoms with E-state index < -0.39 is 12.2 Å². The summed E-state index contributed by atoms with van der Waals surface area (Å²) in [6, 6.07) is 14.2. The number of rotatable bonds is 4. The van der Waals surface area contributed by atoms with Gasteiger partial charge in [-0.1, -0.05) is 30.3 Å². The van der Waals surface area contributed by atoms with E-state index >= 15 is 0 Å².